The first-order valence-electron chi connectivity index (χ1n) is 10.7. The molecule has 1 heterocycles. The zero-order valence-electron chi connectivity index (χ0n) is 17.0. The van der Waals surface area contributed by atoms with E-state index in [1.165, 1.54) is 0 Å². The Bertz CT molecular complexity index is 1170. The van der Waals surface area contributed by atoms with E-state index >= 15 is 0 Å². The van der Waals surface area contributed by atoms with Crippen LogP contribution in [0.25, 0.3) is 5.69 Å². The Balaban J connectivity index is 1.41. The Hall–Kier alpha value is -2.93. The van der Waals surface area contributed by atoms with Crippen molar-refractivity contribution in [1.29, 1.82) is 0 Å². The maximum absolute atomic E-state index is 13.2. The highest BCUT2D eigenvalue weighted by Crippen LogP contribution is 2.31. The molecule has 2 aromatic carbocycles. The second-order valence-electron chi connectivity index (χ2n) is 8.17. The van der Waals surface area contributed by atoms with Gasteiger partial charge in [-0.3, -0.25) is 9.59 Å². The molecule has 0 atom stereocenters. The third kappa shape index (κ3) is 4.28. The van der Waals surface area contributed by atoms with E-state index in [2.05, 4.69) is 26.6 Å². The van der Waals surface area contributed by atoms with E-state index in [1.807, 2.05) is 47.1 Å². The van der Waals surface area contributed by atoms with E-state index in [4.69, 9.17) is 5.10 Å². The highest BCUT2D eigenvalue weighted by atomic mass is 79.9. The molecule has 2 aliphatic carbocycles. The highest BCUT2D eigenvalue weighted by Gasteiger charge is 2.29. The van der Waals surface area contributed by atoms with Crippen molar-refractivity contribution in [2.45, 2.75) is 38.5 Å². The lowest BCUT2D eigenvalue weighted by molar-refractivity contribution is -0.117. The number of rotatable bonds is 5. The SMILES string of the molecule is O=C(Nc1cccc(NC(=O)C2CC2)c1)c1nn(-c2cccc(Br)c2)c2c1CCCC2. The Kier molecular flexibility index (Phi) is 5.36. The molecular formula is C24H23BrN4O2. The number of benzene rings is 2. The fourth-order valence-corrected chi connectivity index (χ4v) is 4.44. The number of nitrogens with one attached hydrogen (secondary N) is 2. The zero-order valence-corrected chi connectivity index (χ0v) is 18.6. The molecule has 158 valence electrons. The van der Waals surface area contributed by atoms with Crippen LogP contribution >= 0.6 is 15.9 Å². The van der Waals surface area contributed by atoms with Crippen LogP contribution in [-0.2, 0) is 17.6 Å². The van der Waals surface area contributed by atoms with Crippen LogP contribution < -0.4 is 10.6 Å². The van der Waals surface area contributed by atoms with Crippen LogP contribution in [0.1, 0.15) is 47.4 Å². The van der Waals surface area contributed by atoms with Crippen molar-refractivity contribution >= 4 is 39.1 Å². The molecule has 2 N–H and O–H groups in total. The smallest absolute Gasteiger partial charge is 0.276 e. The molecule has 6 nitrogen and oxygen atoms in total. The van der Waals surface area contributed by atoms with E-state index in [0.29, 0.717) is 17.1 Å². The normalized spacial score (nSPS) is 15.3. The predicted molar refractivity (Wildman–Crippen MR) is 124 cm³/mol. The molecule has 1 aromatic heterocycles. The van der Waals surface area contributed by atoms with Gasteiger partial charge in [0.1, 0.15) is 0 Å². The van der Waals surface area contributed by atoms with E-state index < -0.39 is 0 Å². The molecule has 31 heavy (non-hydrogen) atoms. The second-order valence-corrected chi connectivity index (χ2v) is 9.09. The van der Waals surface area contributed by atoms with Gasteiger partial charge in [0.25, 0.3) is 5.91 Å². The maximum atomic E-state index is 13.2. The topological polar surface area (TPSA) is 76.0 Å². The van der Waals surface area contributed by atoms with E-state index in [9.17, 15) is 9.59 Å². The number of amides is 2. The van der Waals surface area contributed by atoms with Gasteiger partial charge in [0.05, 0.1) is 5.69 Å². The van der Waals surface area contributed by atoms with Gasteiger partial charge in [0.15, 0.2) is 5.69 Å². The summed E-state index contributed by atoms with van der Waals surface area (Å²) in [5.74, 6) is -0.0466. The van der Waals surface area contributed by atoms with Crippen LogP contribution in [0, 0.1) is 5.92 Å². The van der Waals surface area contributed by atoms with Crippen LogP contribution in [0.5, 0.6) is 0 Å². The molecule has 1 saturated carbocycles. The van der Waals surface area contributed by atoms with Gasteiger partial charge in [-0.15, -0.1) is 0 Å². The molecule has 0 saturated heterocycles. The van der Waals surface area contributed by atoms with Crippen LogP contribution in [0.15, 0.2) is 53.0 Å². The molecule has 0 bridgehead atoms. The van der Waals surface area contributed by atoms with Gasteiger partial charge < -0.3 is 10.6 Å². The number of fused-ring (bicyclic) bond motifs is 1. The molecule has 1 fully saturated rings. The first-order valence-corrected chi connectivity index (χ1v) is 11.5. The fraction of sp³-hybridized carbons (Fsp3) is 0.292. The highest BCUT2D eigenvalue weighted by molar-refractivity contribution is 9.10. The lowest BCUT2D eigenvalue weighted by Crippen LogP contribution is -2.16. The molecule has 7 heteroatoms. The molecular weight excluding hydrogens is 456 g/mol. The monoisotopic (exact) mass is 478 g/mol. The quantitative estimate of drug-likeness (QED) is 0.534. The van der Waals surface area contributed by atoms with E-state index in [1.54, 1.807) is 6.07 Å². The summed E-state index contributed by atoms with van der Waals surface area (Å²) < 4.78 is 2.88. The summed E-state index contributed by atoms with van der Waals surface area (Å²) >= 11 is 3.52. The van der Waals surface area contributed by atoms with Crippen molar-refractivity contribution < 1.29 is 9.59 Å². The van der Waals surface area contributed by atoms with Crippen molar-refractivity contribution in [3.63, 3.8) is 0 Å². The van der Waals surface area contributed by atoms with Crippen LogP contribution in [-0.4, -0.2) is 21.6 Å². The molecule has 2 aliphatic rings. The third-order valence-corrected chi connectivity index (χ3v) is 6.28. The Morgan fingerprint density at radius 1 is 0.968 bits per heavy atom. The predicted octanol–water partition coefficient (Wildman–Crippen LogP) is 5.11. The van der Waals surface area contributed by atoms with Crippen LogP contribution in [0.2, 0.25) is 0 Å². The van der Waals surface area contributed by atoms with Crippen molar-refractivity contribution in [2.75, 3.05) is 10.6 Å². The van der Waals surface area contributed by atoms with Crippen molar-refractivity contribution in [3.8, 4) is 5.69 Å². The maximum Gasteiger partial charge on any atom is 0.276 e. The molecule has 2 amide bonds. The Morgan fingerprint density at radius 3 is 2.48 bits per heavy atom. The summed E-state index contributed by atoms with van der Waals surface area (Å²) in [6.45, 7) is 0. The van der Waals surface area contributed by atoms with Gasteiger partial charge in [0, 0.05) is 33.0 Å². The molecule has 0 spiro atoms. The lowest BCUT2D eigenvalue weighted by Gasteiger charge is -2.14. The minimum Gasteiger partial charge on any atom is -0.326 e. The van der Waals surface area contributed by atoms with Crippen molar-refractivity contribution in [1.82, 2.24) is 9.78 Å². The summed E-state index contributed by atoms with van der Waals surface area (Å²) in [7, 11) is 0. The number of carbonyl (C=O) groups excluding carboxylic acids is 2. The fourth-order valence-electron chi connectivity index (χ4n) is 4.06. The number of carbonyl (C=O) groups is 2. The Labute approximate surface area is 189 Å². The minimum atomic E-state index is -0.224. The summed E-state index contributed by atoms with van der Waals surface area (Å²) in [6.07, 6.45) is 5.81. The number of nitrogens with zero attached hydrogens (tertiary/aromatic N) is 2. The van der Waals surface area contributed by atoms with Crippen LogP contribution in [0.3, 0.4) is 0 Å². The second kappa shape index (κ2) is 8.30. The van der Waals surface area contributed by atoms with Gasteiger partial charge in [-0.1, -0.05) is 28.1 Å². The standard InChI is InChI=1S/C24H23BrN4O2/c25-16-5-3-8-19(13-16)29-21-10-2-1-9-20(21)22(28-29)24(31)27-18-7-4-6-17(14-18)26-23(30)15-11-12-15/h3-8,13-15H,1-2,9-12H2,(H,26,30)(H,27,31). The summed E-state index contributed by atoms with van der Waals surface area (Å²) in [5.41, 5.74) is 4.89. The minimum absolute atomic E-state index is 0.0466. The molecule has 0 aliphatic heterocycles. The van der Waals surface area contributed by atoms with Crippen LogP contribution in [0.4, 0.5) is 11.4 Å². The summed E-state index contributed by atoms with van der Waals surface area (Å²) in [6, 6.07) is 15.2. The lowest BCUT2D eigenvalue weighted by atomic mass is 9.95. The molecule has 3 aromatic rings. The number of hydrogen-bond acceptors (Lipinski definition) is 3. The molecule has 5 rings (SSSR count). The van der Waals surface area contributed by atoms with E-state index in [-0.39, 0.29) is 17.7 Å². The third-order valence-electron chi connectivity index (χ3n) is 5.78. The van der Waals surface area contributed by atoms with Gasteiger partial charge in [-0.05, 0) is 74.9 Å². The largest absolute Gasteiger partial charge is 0.326 e. The van der Waals surface area contributed by atoms with Gasteiger partial charge in [0.2, 0.25) is 5.91 Å². The summed E-state index contributed by atoms with van der Waals surface area (Å²) in [4.78, 5) is 25.2. The zero-order chi connectivity index (χ0) is 21.4. The number of halogens is 1. The van der Waals surface area contributed by atoms with Gasteiger partial charge in [-0.2, -0.15) is 5.10 Å². The summed E-state index contributed by atoms with van der Waals surface area (Å²) in [5, 5.41) is 10.6. The number of anilines is 2. The first kappa shape index (κ1) is 20.0. The Morgan fingerprint density at radius 2 is 1.71 bits per heavy atom. The van der Waals surface area contributed by atoms with E-state index in [0.717, 1.165) is 59.9 Å². The number of aromatic nitrogens is 2. The average Bonchev–Trinajstić information content (AvgIpc) is 3.54. The van der Waals surface area contributed by atoms with Gasteiger partial charge in [-0.25, -0.2) is 4.68 Å². The number of hydrogen-bond donors (Lipinski definition) is 2. The molecule has 0 unspecified atom stereocenters. The van der Waals surface area contributed by atoms with Crippen molar-refractivity contribution in [2.24, 2.45) is 5.92 Å². The van der Waals surface area contributed by atoms with Crippen molar-refractivity contribution in [3.05, 3.63) is 70.0 Å². The first-order chi connectivity index (χ1) is 15.1. The molecule has 0 radical (unpaired) electrons. The van der Waals surface area contributed by atoms with Gasteiger partial charge >= 0.3 is 0 Å². The average molecular weight is 479 g/mol.